The maximum absolute atomic E-state index is 11.8. The summed E-state index contributed by atoms with van der Waals surface area (Å²) in [7, 11) is 1.70. The van der Waals surface area contributed by atoms with Crippen molar-refractivity contribution >= 4 is 41.5 Å². The van der Waals surface area contributed by atoms with Crippen LogP contribution in [0.3, 0.4) is 0 Å². The lowest BCUT2D eigenvalue weighted by Crippen LogP contribution is -2.45. The molecule has 130 valence electrons. The smallest absolute Gasteiger partial charge is 0.243 e. The lowest BCUT2D eigenvalue weighted by Gasteiger charge is -2.18. The molecule has 0 bridgehead atoms. The normalized spacial score (nSPS) is 12.3. The van der Waals surface area contributed by atoms with Gasteiger partial charge in [-0.25, -0.2) is 0 Å². The van der Waals surface area contributed by atoms with Crippen LogP contribution in [0, 0.1) is 5.92 Å². The van der Waals surface area contributed by atoms with Gasteiger partial charge in [0.1, 0.15) is 0 Å². The second-order valence-electron chi connectivity index (χ2n) is 5.73. The molecule has 1 rings (SSSR count). The summed E-state index contributed by atoms with van der Waals surface area (Å²) in [5.74, 6) is 1.19. The second-order valence-corrected chi connectivity index (χ2v) is 5.73. The maximum Gasteiger partial charge on any atom is 0.243 e. The molecule has 1 atom stereocenters. The highest BCUT2D eigenvalue weighted by molar-refractivity contribution is 14.0. The van der Waals surface area contributed by atoms with E-state index in [-0.39, 0.29) is 36.4 Å². The number of rotatable bonds is 7. The van der Waals surface area contributed by atoms with Crippen LogP contribution in [0.15, 0.2) is 29.5 Å². The average Bonchev–Trinajstić information content (AvgIpc) is 2.50. The fourth-order valence-corrected chi connectivity index (χ4v) is 1.89. The van der Waals surface area contributed by atoms with Crippen LogP contribution in [0.4, 0.5) is 5.69 Å². The third-order valence-corrected chi connectivity index (χ3v) is 3.15. The van der Waals surface area contributed by atoms with Gasteiger partial charge in [0.15, 0.2) is 5.96 Å². The molecule has 1 aromatic rings. The molecule has 3 N–H and O–H groups in total. The molecule has 0 radical (unpaired) electrons. The van der Waals surface area contributed by atoms with Crippen LogP contribution >= 0.6 is 24.0 Å². The Balaban J connectivity index is 0.00000484. The Kier molecular flexibility index (Phi) is 11.4. The Bertz CT molecular complexity index is 479. The van der Waals surface area contributed by atoms with Crippen molar-refractivity contribution in [3.05, 3.63) is 24.5 Å². The van der Waals surface area contributed by atoms with Gasteiger partial charge in [0, 0.05) is 19.3 Å². The largest absolute Gasteiger partial charge is 0.354 e. The number of aliphatic imine (C=N–C) groups is 1. The van der Waals surface area contributed by atoms with E-state index in [4.69, 9.17) is 0 Å². The summed E-state index contributed by atoms with van der Waals surface area (Å²) < 4.78 is 0. The predicted octanol–water partition coefficient (Wildman–Crippen LogP) is 2.63. The third kappa shape index (κ3) is 10.1. The number of nitrogens with one attached hydrogen (secondary N) is 3. The molecule has 0 fully saturated rings. The molecule has 6 nitrogen and oxygen atoms in total. The number of nitrogens with zero attached hydrogens (tertiary/aromatic N) is 2. The van der Waals surface area contributed by atoms with Crippen LogP contribution in [0.2, 0.25) is 0 Å². The fourth-order valence-electron chi connectivity index (χ4n) is 1.89. The highest BCUT2D eigenvalue weighted by Gasteiger charge is 2.08. The fraction of sp³-hybridized carbons (Fsp3) is 0.562. The molecule has 1 unspecified atom stereocenters. The molecule has 1 aromatic heterocycles. The number of carbonyl (C=O) groups excluding carboxylic acids is 1. The van der Waals surface area contributed by atoms with Crippen molar-refractivity contribution in [1.29, 1.82) is 0 Å². The number of halogens is 1. The Morgan fingerprint density at radius 3 is 2.61 bits per heavy atom. The van der Waals surface area contributed by atoms with Gasteiger partial charge >= 0.3 is 0 Å². The summed E-state index contributed by atoms with van der Waals surface area (Å²) in [5, 5.41) is 9.07. The molecule has 0 aliphatic rings. The van der Waals surface area contributed by atoms with Crippen molar-refractivity contribution in [2.45, 2.75) is 39.7 Å². The Hall–Kier alpha value is -1.38. The van der Waals surface area contributed by atoms with Gasteiger partial charge in [-0.1, -0.05) is 13.8 Å². The van der Waals surface area contributed by atoms with E-state index >= 15 is 0 Å². The number of aromatic nitrogens is 1. The van der Waals surface area contributed by atoms with Crippen molar-refractivity contribution in [3.63, 3.8) is 0 Å². The number of anilines is 1. The molecule has 0 spiro atoms. The van der Waals surface area contributed by atoms with Crippen LogP contribution in [0.5, 0.6) is 0 Å². The van der Waals surface area contributed by atoms with Crippen molar-refractivity contribution in [3.8, 4) is 0 Å². The molecule has 7 heteroatoms. The molecule has 0 aliphatic heterocycles. The third-order valence-electron chi connectivity index (χ3n) is 3.15. The van der Waals surface area contributed by atoms with E-state index in [0.717, 1.165) is 12.8 Å². The predicted molar refractivity (Wildman–Crippen MR) is 106 cm³/mol. The first-order valence-electron chi connectivity index (χ1n) is 7.68. The zero-order valence-electron chi connectivity index (χ0n) is 14.3. The van der Waals surface area contributed by atoms with Crippen molar-refractivity contribution < 1.29 is 4.79 Å². The molecule has 0 aliphatic carbocycles. The van der Waals surface area contributed by atoms with Gasteiger partial charge < -0.3 is 16.0 Å². The quantitative estimate of drug-likeness (QED) is 0.351. The van der Waals surface area contributed by atoms with Crippen LogP contribution in [-0.4, -0.2) is 36.5 Å². The average molecular weight is 433 g/mol. The lowest BCUT2D eigenvalue weighted by atomic mass is 10.0. The van der Waals surface area contributed by atoms with Crippen molar-refractivity contribution in [1.82, 2.24) is 15.6 Å². The summed E-state index contributed by atoms with van der Waals surface area (Å²) in [5.41, 5.74) is 0.683. The Morgan fingerprint density at radius 1 is 1.30 bits per heavy atom. The summed E-state index contributed by atoms with van der Waals surface area (Å²) in [6.45, 7) is 6.70. The molecule has 0 aromatic carbocycles. The monoisotopic (exact) mass is 433 g/mol. The molecule has 0 saturated carbocycles. The standard InChI is InChI=1S/C16H27N5O.HI/c1-12(2)7-8-13(3)20-16(17-4)19-11-15(22)21-14-6-5-9-18-10-14;/h5-6,9-10,12-13H,7-8,11H2,1-4H3,(H,21,22)(H2,17,19,20);1H. The highest BCUT2D eigenvalue weighted by Crippen LogP contribution is 2.06. The van der Waals surface area contributed by atoms with Gasteiger partial charge in [0.05, 0.1) is 18.4 Å². The lowest BCUT2D eigenvalue weighted by molar-refractivity contribution is -0.115. The minimum absolute atomic E-state index is 0. The summed E-state index contributed by atoms with van der Waals surface area (Å²) in [6.07, 6.45) is 5.50. The molecular formula is C16H28IN5O. The summed E-state index contributed by atoms with van der Waals surface area (Å²) in [4.78, 5) is 19.9. The highest BCUT2D eigenvalue weighted by atomic mass is 127. The summed E-state index contributed by atoms with van der Waals surface area (Å²) >= 11 is 0. The van der Waals surface area contributed by atoms with Gasteiger partial charge in [0.2, 0.25) is 5.91 Å². The number of guanidine groups is 1. The minimum Gasteiger partial charge on any atom is -0.354 e. The Labute approximate surface area is 156 Å². The number of amides is 1. The van der Waals surface area contributed by atoms with Gasteiger partial charge in [-0.2, -0.15) is 0 Å². The van der Waals surface area contributed by atoms with Gasteiger partial charge in [0.25, 0.3) is 0 Å². The van der Waals surface area contributed by atoms with Gasteiger partial charge in [-0.15, -0.1) is 24.0 Å². The number of carbonyl (C=O) groups is 1. The first-order chi connectivity index (χ1) is 10.5. The number of pyridine rings is 1. The van der Waals surface area contributed by atoms with E-state index in [0.29, 0.717) is 23.6 Å². The van der Waals surface area contributed by atoms with Crippen molar-refractivity contribution in [2.75, 3.05) is 18.9 Å². The Morgan fingerprint density at radius 2 is 2.04 bits per heavy atom. The van der Waals surface area contributed by atoms with E-state index in [2.05, 4.69) is 46.7 Å². The first-order valence-corrected chi connectivity index (χ1v) is 7.68. The van der Waals surface area contributed by atoms with E-state index in [1.807, 2.05) is 0 Å². The van der Waals surface area contributed by atoms with Gasteiger partial charge in [-0.05, 0) is 37.8 Å². The van der Waals surface area contributed by atoms with Crippen LogP contribution in [-0.2, 0) is 4.79 Å². The van der Waals surface area contributed by atoms with E-state index < -0.39 is 0 Å². The zero-order chi connectivity index (χ0) is 16.4. The minimum atomic E-state index is -0.134. The molecule has 0 saturated heterocycles. The zero-order valence-corrected chi connectivity index (χ0v) is 16.6. The number of hydrogen-bond acceptors (Lipinski definition) is 3. The first kappa shape index (κ1) is 21.6. The molecule has 1 heterocycles. The SMILES string of the molecule is CN=C(NCC(=O)Nc1cccnc1)NC(C)CCC(C)C.I. The topological polar surface area (TPSA) is 78.4 Å². The maximum atomic E-state index is 11.8. The molecule has 23 heavy (non-hydrogen) atoms. The second kappa shape index (κ2) is 12.1. The van der Waals surface area contributed by atoms with Crippen LogP contribution in [0.1, 0.15) is 33.6 Å². The van der Waals surface area contributed by atoms with Crippen LogP contribution in [0.25, 0.3) is 0 Å². The van der Waals surface area contributed by atoms with E-state index in [9.17, 15) is 4.79 Å². The van der Waals surface area contributed by atoms with Gasteiger partial charge in [-0.3, -0.25) is 14.8 Å². The van der Waals surface area contributed by atoms with E-state index in [1.165, 1.54) is 0 Å². The number of hydrogen-bond donors (Lipinski definition) is 3. The van der Waals surface area contributed by atoms with Crippen molar-refractivity contribution in [2.24, 2.45) is 10.9 Å². The molecule has 1 amide bonds. The summed E-state index contributed by atoms with van der Waals surface area (Å²) in [6, 6.07) is 3.89. The van der Waals surface area contributed by atoms with E-state index in [1.54, 1.807) is 31.6 Å². The van der Waals surface area contributed by atoms with Crippen LogP contribution < -0.4 is 16.0 Å². The molecular weight excluding hydrogens is 405 g/mol.